The summed E-state index contributed by atoms with van der Waals surface area (Å²) in [7, 11) is 0. The van der Waals surface area contributed by atoms with E-state index in [-0.39, 0.29) is 0 Å². The normalized spacial score (nSPS) is 12.6. The maximum Gasteiger partial charge on any atom is -0.00137 e. The van der Waals surface area contributed by atoms with Gasteiger partial charge in [-0.15, -0.1) is 0 Å². The fourth-order valence-corrected chi connectivity index (χ4v) is 5.14. The largest absolute Gasteiger partial charge is 0.0616 e. The fraction of sp³-hybridized carbons (Fsp3) is 0. The SMILES string of the molecule is [c]1ccc2c(c1)c1cccc3c1c2c1cccc2c4ccccc4c3c21. The maximum atomic E-state index is 3.27. The van der Waals surface area contributed by atoms with E-state index in [9.17, 15) is 0 Å². The van der Waals surface area contributed by atoms with E-state index in [2.05, 4.69) is 78.9 Å². The van der Waals surface area contributed by atoms with Crippen LogP contribution in [0.4, 0.5) is 0 Å². The van der Waals surface area contributed by atoms with Gasteiger partial charge in [0, 0.05) is 0 Å². The Morgan fingerprint density at radius 2 is 0.846 bits per heavy atom. The van der Waals surface area contributed by atoms with Crippen LogP contribution in [0.2, 0.25) is 0 Å². The number of hydrogen-bond acceptors (Lipinski definition) is 0. The van der Waals surface area contributed by atoms with E-state index in [1.165, 1.54) is 64.6 Å². The van der Waals surface area contributed by atoms with Crippen molar-refractivity contribution >= 4 is 64.6 Å². The van der Waals surface area contributed by atoms with E-state index in [1.54, 1.807) is 0 Å². The summed E-state index contributed by atoms with van der Waals surface area (Å²) in [6.45, 7) is 0. The van der Waals surface area contributed by atoms with Gasteiger partial charge in [-0.2, -0.15) is 0 Å². The molecule has 0 aliphatic carbocycles. The van der Waals surface area contributed by atoms with Crippen molar-refractivity contribution in [1.82, 2.24) is 0 Å². The number of hydrogen-bond donors (Lipinski definition) is 0. The lowest BCUT2D eigenvalue weighted by Crippen LogP contribution is -1.79. The molecule has 0 atom stereocenters. The molecule has 0 spiro atoms. The molecule has 7 aromatic carbocycles. The zero-order valence-electron chi connectivity index (χ0n) is 14.0. The molecule has 0 fully saturated rings. The highest BCUT2D eigenvalue weighted by Gasteiger charge is 2.20. The summed E-state index contributed by atoms with van der Waals surface area (Å²) in [4.78, 5) is 0. The van der Waals surface area contributed by atoms with Crippen LogP contribution in [-0.4, -0.2) is 0 Å². The minimum atomic E-state index is 1.31. The summed E-state index contributed by atoms with van der Waals surface area (Å²) in [6, 6.07) is 32.0. The summed E-state index contributed by atoms with van der Waals surface area (Å²) in [6.07, 6.45) is 0. The van der Waals surface area contributed by atoms with Crippen LogP contribution in [0, 0.1) is 6.07 Å². The molecule has 0 heterocycles. The van der Waals surface area contributed by atoms with Gasteiger partial charge < -0.3 is 0 Å². The van der Waals surface area contributed by atoms with E-state index >= 15 is 0 Å². The lowest BCUT2D eigenvalue weighted by atomic mass is 9.95. The molecule has 0 saturated heterocycles. The van der Waals surface area contributed by atoms with Gasteiger partial charge in [0.2, 0.25) is 0 Å². The summed E-state index contributed by atoms with van der Waals surface area (Å²) in [5.74, 6) is 0. The van der Waals surface area contributed by atoms with Crippen LogP contribution < -0.4 is 0 Å². The van der Waals surface area contributed by atoms with Crippen LogP contribution in [-0.2, 0) is 0 Å². The molecule has 0 aromatic heterocycles. The lowest BCUT2D eigenvalue weighted by molar-refractivity contribution is 1.83. The van der Waals surface area contributed by atoms with Crippen molar-refractivity contribution < 1.29 is 0 Å². The van der Waals surface area contributed by atoms with Crippen LogP contribution in [0.1, 0.15) is 0 Å². The first-order valence-electron chi connectivity index (χ1n) is 9.05. The van der Waals surface area contributed by atoms with E-state index in [0.29, 0.717) is 0 Å². The van der Waals surface area contributed by atoms with Crippen molar-refractivity contribution in [3.63, 3.8) is 0 Å². The smallest absolute Gasteiger partial charge is 0.00137 e. The molecule has 117 valence electrons. The van der Waals surface area contributed by atoms with Crippen molar-refractivity contribution in [3.05, 3.63) is 84.9 Å². The first-order valence-corrected chi connectivity index (χ1v) is 9.05. The van der Waals surface area contributed by atoms with E-state index < -0.39 is 0 Å². The van der Waals surface area contributed by atoms with Crippen molar-refractivity contribution in [2.24, 2.45) is 0 Å². The van der Waals surface area contributed by atoms with Gasteiger partial charge in [0.1, 0.15) is 0 Å². The monoisotopic (exact) mass is 325 g/mol. The Kier molecular flexibility index (Phi) is 2.10. The Labute approximate surface area is 149 Å². The van der Waals surface area contributed by atoms with Crippen molar-refractivity contribution in [2.45, 2.75) is 0 Å². The Morgan fingerprint density at radius 1 is 0.385 bits per heavy atom. The third-order valence-electron chi connectivity index (χ3n) is 6.08. The topological polar surface area (TPSA) is 0 Å². The average Bonchev–Trinajstić information content (AvgIpc) is 3.22. The number of rotatable bonds is 0. The molecule has 0 heteroatoms. The molecule has 0 aliphatic rings. The van der Waals surface area contributed by atoms with Gasteiger partial charge in [0.25, 0.3) is 0 Å². The van der Waals surface area contributed by atoms with Crippen LogP contribution in [0.15, 0.2) is 78.9 Å². The van der Waals surface area contributed by atoms with E-state index in [4.69, 9.17) is 0 Å². The molecule has 7 aromatic rings. The fourth-order valence-electron chi connectivity index (χ4n) is 5.14. The molecule has 1 radical (unpaired) electrons. The van der Waals surface area contributed by atoms with Crippen molar-refractivity contribution in [1.29, 1.82) is 0 Å². The molecule has 26 heavy (non-hydrogen) atoms. The minimum Gasteiger partial charge on any atom is -0.0616 e. The summed E-state index contributed by atoms with van der Waals surface area (Å²) >= 11 is 0. The van der Waals surface area contributed by atoms with Crippen molar-refractivity contribution in [3.8, 4) is 0 Å². The maximum absolute atomic E-state index is 3.27. The molecule has 0 amide bonds. The molecular formula is C26H13. The Morgan fingerprint density at radius 3 is 1.50 bits per heavy atom. The molecule has 0 bridgehead atoms. The molecule has 0 nitrogen and oxygen atoms in total. The second-order valence-electron chi connectivity index (χ2n) is 7.22. The highest BCUT2D eigenvalue weighted by atomic mass is 14.2. The van der Waals surface area contributed by atoms with Gasteiger partial charge >= 0.3 is 0 Å². The molecule has 0 aliphatic heterocycles. The highest BCUT2D eigenvalue weighted by molar-refractivity contribution is 6.47. The Balaban J connectivity index is 2.02. The predicted octanol–water partition coefficient (Wildman–Crippen LogP) is 7.28. The second-order valence-corrected chi connectivity index (χ2v) is 7.22. The van der Waals surface area contributed by atoms with Gasteiger partial charge in [0.05, 0.1) is 0 Å². The van der Waals surface area contributed by atoms with Gasteiger partial charge in [-0.05, 0) is 76.8 Å². The van der Waals surface area contributed by atoms with Crippen LogP contribution >= 0.6 is 0 Å². The molecule has 0 saturated carbocycles. The standard InChI is InChI=1S/C26H13/c1-3-9-17-15(7-1)19-11-5-13-22-24-18-10-4-2-8-16(18)20-12-6-14-21(26(20)24)23(17)25(19)22/h1,3-14H. The first-order chi connectivity index (χ1) is 12.9. The zero-order chi connectivity index (χ0) is 16.8. The summed E-state index contributed by atoms with van der Waals surface area (Å²) < 4.78 is 0. The summed E-state index contributed by atoms with van der Waals surface area (Å²) in [5, 5.41) is 16.5. The van der Waals surface area contributed by atoms with Gasteiger partial charge in [-0.1, -0.05) is 72.8 Å². The van der Waals surface area contributed by atoms with Gasteiger partial charge in [-0.25, -0.2) is 0 Å². The lowest BCUT2D eigenvalue weighted by Gasteiger charge is -2.07. The molecule has 7 rings (SSSR count). The third kappa shape index (κ3) is 1.28. The third-order valence-corrected chi connectivity index (χ3v) is 6.08. The van der Waals surface area contributed by atoms with Gasteiger partial charge in [-0.3, -0.25) is 0 Å². The Bertz CT molecular complexity index is 1490. The highest BCUT2D eigenvalue weighted by Crippen LogP contribution is 2.49. The van der Waals surface area contributed by atoms with Crippen molar-refractivity contribution in [2.75, 3.05) is 0 Å². The molecule has 0 N–H and O–H groups in total. The van der Waals surface area contributed by atoms with Gasteiger partial charge in [0.15, 0.2) is 0 Å². The quantitative estimate of drug-likeness (QED) is 0.257. The summed E-state index contributed by atoms with van der Waals surface area (Å²) in [5.41, 5.74) is 0. The zero-order valence-corrected chi connectivity index (χ0v) is 14.0. The van der Waals surface area contributed by atoms with Crippen LogP contribution in [0.5, 0.6) is 0 Å². The van der Waals surface area contributed by atoms with Crippen LogP contribution in [0.3, 0.4) is 0 Å². The second kappa shape index (κ2) is 4.23. The number of fused-ring (bicyclic) bond motifs is 8. The van der Waals surface area contributed by atoms with E-state index in [1.807, 2.05) is 6.07 Å². The van der Waals surface area contributed by atoms with E-state index in [0.717, 1.165) is 0 Å². The molecular weight excluding hydrogens is 312 g/mol. The Hall–Kier alpha value is -3.38. The average molecular weight is 325 g/mol. The minimum absolute atomic E-state index is 1.31. The van der Waals surface area contributed by atoms with Crippen LogP contribution in [0.25, 0.3) is 64.6 Å². The molecule has 0 unspecified atom stereocenters. The number of benzene rings is 5. The predicted molar refractivity (Wildman–Crippen MR) is 113 cm³/mol. The first kappa shape index (κ1) is 12.9.